The van der Waals surface area contributed by atoms with E-state index in [9.17, 15) is 4.79 Å². The molecule has 0 aliphatic heterocycles. The molecule has 0 aromatic heterocycles. The van der Waals surface area contributed by atoms with Gasteiger partial charge in [-0.3, -0.25) is 0 Å². The maximum Gasteiger partial charge on any atom is 0.329 e. The molecule has 0 aliphatic rings. The Balaban J connectivity index is 2.71. The van der Waals surface area contributed by atoms with Crippen LogP contribution in [0, 0.1) is 0 Å². The van der Waals surface area contributed by atoms with Crippen LogP contribution >= 0.6 is 0 Å². The van der Waals surface area contributed by atoms with E-state index in [0.717, 1.165) is 18.2 Å². The molecule has 0 bridgehead atoms. The van der Waals surface area contributed by atoms with Gasteiger partial charge in [0.1, 0.15) is 0 Å². The molecule has 0 radical (unpaired) electrons. The summed E-state index contributed by atoms with van der Waals surface area (Å²) in [6.07, 6.45) is 3.42. The van der Waals surface area contributed by atoms with Crippen LogP contribution in [0.15, 0.2) is 36.5 Å². The minimum Gasteiger partial charge on any atom is -0.478 e. The summed E-state index contributed by atoms with van der Waals surface area (Å²) >= 11 is 0. The van der Waals surface area contributed by atoms with Gasteiger partial charge in [-0.25, -0.2) is 4.79 Å². The molecular formula is C11H13NO2. The van der Waals surface area contributed by atoms with Gasteiger partial charge in [0.15, 0.2) is 0 Å². The number of hydrogen-bond donors (Lipinski definition) is 2. The third-order valence-corrected chi connectivity index (χ3v) is 1.86. The smallest absolute Gasteiger partial charge is 0.329 e. The van der Waals surface area contributed by atoms with E-state index < -0.39 is 5.97 Å². The number of rotatable bonds is 4. The molecule has 0 saturated carbocycles. The lowest BCUT2D eigenvalue weighted by molar-refractivity contribution is -0.131. The highest BCUT2D eigenvalue weighted by molar-refractivity contribution is 5.80. The number of carboxylic acids is 1. The van der Waals surface area contributed by atoms with E-state index in [1.165, 1.54) is 11.8 Å². The molecule has 1 rings (SSSR count). The van der Waals surface area contributed by atoms with Crippen molar-refractivity contribution >= 4 is 11.7 Å². The number of aliphatic carboxylic acids is 1. The lowest BCUT2D eigenvalue weighted by Gasteiger charge is -2.05. The Morgan fingerprint density at radius 3 is 2.86 bits per heavy atom. The summed E-state index contributed by atoms with van der Waals surface area (Å²) in [4.78, 5) is 10.2. The van der Waals surface area contributed by atoms with Crippen LogP contribution in [-0.4, -0.2) is 11.1 Å². The van der Waals surface area contributed by atoms with Crippen molar-refractivity contribution in [2.75, 3.05) is 5.32 Å². The standard InChI is InChI=1S/C11H13NO2/c1-2-9-5-3-4-6-10(9)12-8-7-11(13)14/h3-8,12H,2H2,1H3,(H,13,14)/b8-7+. The first kappa shape index (κ1) is 10.3. The molecule has 74 valence electrons. The number of carboxylic acid groups (broad SMARTS) is 1. The molecule has 0 heterocycles. The van der Waals surface area contributed by atoms with Crippen LogP contribution in [0.2, 0.25) is 0 Å². The Kier molecular flexibility index (Phi) is 3.73. The summed E-state index contributed by atoms with van der Waals surface area (Å²) in [5.74, 6) is -0.952. The molecular weight excluding hydrogens is 178 g/mol. The van der Waals surface area contributed by atoms with Crippen molar-refractivity contribution in [3.8, 4) is 0 Å². The van der Waals surface area contributed by atoms with Gasteiger partial charge in [0, 0.05) is 18.0 Å². The molecule has 0 atom stereocenters. The predicted octanol–water partition coefficient (Wildman–Crippen LogP) is 2.26. The molecule has 0 fully saturated rings. The Labute approximate surface area is 83.1 Å². The second kappa shape index (κ2) is 5.07. The van der Waals surface area contributed by atoms with Crippen LogP contribution in [0.4, 0.5) is 5.69 Å². The quantitative estimate of drug-likeness (QED) is 0.718. The topological polar surface area (TPSA) is 49.3 Å². The van der Waals surface area contributed by atoms with Crippen LogP contribution in [0.25, 0.3) is 0 Å². The van der Waals surface area contributed by atoms with Crippen molar-refractivity contribution in [1.82, 2.24) is 0 Å². The number of nitrogens with one attached hydrogen (secondary N) is 1. The van der Waals surface area contributed by atoms with Crippen LogP contribution in [0.1, 0.15) is 12.5 Å². The molecule has 2 N–H and O–H groups in total. The predicted molar refractivity (Wildman–Crippen MR) is 56.2 cm³/mol. The van der Waals surface area contributed by atoms with Gasteiger partial charge in [-0.05, 0) is 18.1 Å². The van der Waals surface area contributed by atoms with Gasteiger partial charge in [0.2, 0.25) is 0 Å². The van der Waals surface area contributed by atoms with Crippen molar-refractivity contribution in [3.05, 3.63) is 42.1 Å². The first-order chi connectivity index (χ1) is 6.74. The lowest BCUT2D eigenvalue weighted by Crippen LogP contribution is -1.95. The monoisotopic (exact) mass is 191 g/mol. The molecule has 0 aliphatic carbocycles. The first-order valence-corrected chi connectivity index (χ1v) is 4.48. The van der Waals surface area contributed by atoms with Gasteiger partial charge in [-0.1, -0.05) is 25.1 Å². The van der Waals surface area contributed by atoms with Crippen molar-refractivity contribution in [2.45, 2.75) is 13.3 Å². The summed E-state index contributed by atoms with van der Waals surface area (Å²) in [5.41, 5.74) is 2.12. The summed E-state index contributed by atoms with van der Waals surface area (Å²) in [6, 6.07) is 7.81. The van der Waals surface area contributed by atoms with Gasteiger partial charge < -0.3 is 10.4 Å². The highest BCUT2D eigenvalue weighted by atomic mass is 16.4. The minimum absolute atomic E-state index is 0.921. The second-order valence-corrected chi connectivity index (χ2v) is 2.83. The fraction of sp³-hybridized carbons (Fsp3) is 0.182. The van der Waals surface area contributed by atoms with Crippen molar-refractivity contribution in [3.63, 3.8) is 0 Å². The third kappa shape index (κ3) is 2.94. The maximum atomic E-state index is 10.2. The molecule has 1 aromatic rings. The zero-order valence-electron chi connectivity index (χ0n) is 8.03. The van der Waals surface area contributed by atoms with E-state index in [2.05, 4.69) is 12.2 Å². The van der Waals surface area contributed by atoms with Gasteiger partial charge >= 0.3 is 5.97 Å². The third-order valence-electron chi connectivity index (χ3n) is 1.86. The zero-order valence-corrected chi connectivity index (χ0v) is 8.03. The fourth-order valence-electron chi connectivity index (χ4n) is 1.17. The van der Waals surface area contributed by atoms with Crippen LogP contribution < -0.4 is 5.32 Å². The van der Waals surface area contributed by atoms with E-state index in [1.54, 1.807) is 0 Å². The van der Waals surface area contributed by atoms with Crippen molar-refractivity contribution in [1.29, 1.82) is 0 Å². The van der Waals surface area contributed by atoms with E-state index >= 15 is 0 Å². The first-order valence-electron chi connectivity index (χ1n) is 4.48. The molecule has 0 amide bonds. The summed E-state index contributed by atoms with van der Waals surface area (Å²) in [7, 11) is 0. The Hall–Kier alpha value is -1.77. The molecule has 1 aromatic carbocycles. The van der Waals surface area contributed by atoms with Crippen LogP contribution in [0.3, 0.4) is 0 Å². The Morgan fingerprint density at radius 1 is 1.50 bits per heavy atom. The molecule has 0 saturated heterocycles. The number of aryl methyl sites for hydroxylation is 1. The zero-order chi connectivity index (χ0) is 10.4. The molecule has 0 unspecified atom stereocenters. The number of carbonyl (C=O) groups is 1. The molecule has 3 nitrogen and oxygen atoms in total. The van der Waals surface area contributed by atoms with Crippen molar-refractivity contribution in [2.24, 2.45) is 0 Å². The number of para-hydroxylation sites is 1. The normalized spacial score (nSPS) is 10.4. The van der Waals surface area contributed by atoms with Gasteiger partial charge in [-0.15, -0.1) is 0 Å². The fourth-order valence-corrected chi connectivity index (χ4v) is 1.17. The van der Waals surface area contributed by atoms with Gasteiger partial charge in [-0.2, -0.15) is 0 Å². The lowest BCUT2D eigenvalue weighted by atomic mass is 10.1. The largest absolute Gasteiger partial charge is 0.478 e. The summed E-state index contributed by atoms with van der Waals surface area (Å²) < 4.78 is 0. The highest BCUT2D eigenvalue weighted by Gasteiger charge is 1.95. The van der Waals surface area contributed by atoms with E-state index in [-0.39, 0.29) is 0 Å². The average molecular weight is 191 g/mol. The van der Waals surface area contributed by atoms with E-state index in [0.29, 0.717) is 0 Å². The van der Waals surface area contributed by atoms with E-state index in [4.69, 9.17) is 5.11 Å². The Bertz CT molecular complexity index is 345. The number of hydrogen-bond acceptors (Lipinski definition) is 2. The van der Waals surface area contributed by atoms with Gasteiger partial charge in [0.05, 0.1) is 0 Å². The summed E-state index contributed by atoms with van der Waals surface area (Å²) in [6.45, 7) is 2.06. The summed E-state index contributed by atoms with van der Waals surface area (Å²) in [5, 5.41) is 11.3. The van der Waals surface area contributed by atoms with Crippen LogP contribution in [-0.2, 0) is 11.2 Å². The van der Waals surface area contributed by atoms with Crippen LogP contribution in [0.5, 0.6) is 0 Å². The number of benzene rings is 1. The SMILES string of the molecule is CCc1ccccc1N/C=C/C(=O)O. The Morgan fingerprint density at radius 2 is 2.21 bits per heavy atom. The van der Waals surface area contributed by atoms with Crippen molar-refractivity contribution < 1.29 is 9.90 Å². The highest BCUT2D eigenvalue weighted by Crippen LogP contribution is 2.14. The molecule has 0 spiro atoms. The molecule has 3 heteroatoms. The average Bonchev–Trinajstić information content (AvgIpc) is 2.18. The number of anilines is 1. The minimum atomic E-state index is -0.952. The molecule has 14 heavy (non-hydrogen) atoms. The van der Waals surface area contributed by atoms with Gasteiger partial charge in [0.25, 0.3) is 0 Å². The maximum absolute atomic E-state index is 10.2. The van der Waals surface area contributed by atoms with E-state index in [1.807, 2.05) is 24.3 Å². The second-order valence-electron chi connectivity index (χ2n) is 2.83.